The summed E-state index contributed by atoms with van der Waals surface area (Å²) >= 11 is 0. The van der Waals surface area contributed by atoms with Crippen molar-refractivity contribution in [1.29, 1.82) is 0 Å². The number of aryl methyl sites for hydroxylation is 1. The third kappa shape index (κ3) is 3.97. The molecule has 0 bridgehead atoms. The summed E-state index contributed by atoms with van der Waals surface area (Å²) in [6.45, 7) is 0.912. The van der Waals surface area contributed by atoms with E-state index in [-0.39, 0.29) is 16.0 Å². The highest BCUT2D eigenvalue weighted by Crippen LogP contribution is 2.28. The highest BCUT2D eigenvalue weighted by molar-refractivity contribution is 7.89. The van der Waals surface area contributed by atoms with Gasteiger partial charge in [-0.25, -0.2) is 8.42 Å². The number of rotatable bonds is 6. The van der Waals surface area contributed by atoms with E-state index in [4.69, 9.17) is 4.74 Å². The molecule has 2 aliphatic rings. The van der Waals surface area contributed by atoms with Crippen molar-refractivity contribution in [2.75, 3.05) is 20.2 Å². The molecule has 2 aromatic carbocycles. The second-order valence-electron chi connectivity index (χ2n) is 7.72. The number of nitrogens with zero attached hydrogens (tertiary/aromatic N) is 1. The van der Waals surface area contributed by atoms with Crippen LogP contribution in [0.25, 0.3) is 0 Å². The first kappa shape index (κ1) is 20.6. The summed E-state index contributed by atoms with van der Waals surface area (Å²) in [5, 5.41) is 2.19. The number of fused-ring (bicyclic) bond motifs is 1. The maximum absolute atomic E-state index is 13.0. The normalized spacial score (nSPS) is 17.6. The number of ether oxygens (including phenoxy) is 1. The Balaban J connectivity index is 1.37. The quantitative estimate of drug-likeness (QED) is 0.714. The van der Waals surface area contributed by atoms with Crippen LogP contribution in [0.15, 0.2) is 47.4 Å². The van der Waals surface area contributed by atoms with E-state index in [1.165, 1.54) is 28.1 Å². The van der Waals surface area contributed by atoms with Gasteiger partial charge in [0.15, 0.2) is 0 Å². The summed E-state index contributed by atoms with van der Waals surface area (Å²) in [4.78, 5) is 23.6. The van der Waals surface area contributed by atoms with Gasteiger partial charge in [0.05, 0.1) is 23.1 Å². The van der Waals surface area contributed by atoms with Gasteiger partial charge in [0.1, 0.15) is 5.75 Å². The lowest BCUT2D eigenvalue weighted by molar-refractivity contribution is 0.0879. The van der Waals surface area contributed by atoms with Crippen LogP contribution >= 0.6 is 0 Å². The number of benzene rings is 2. The van der Waals surface area contributed by atoms with E-state index in [1.807, 2.05) is 12.1 Å². The fraction of sp³-hybridized carbons (Fsp3) is 0.364. The van der Waals surface area contributed by atoms with Crippen molar-refractivity contribution >= 4 is 21.8 Å². The Labute approximate surface area is 176 Å². The smallest absolute Gasteiger partial charge is 0.258 e. The van der Waals surface area contributed by atoms with E-state index in [2.05, 4.69) is 17.4 Å². The minimum Gasteiger partial charge on any atom is -0.497 e. The van der Waals surface area contributed by atoms with Gasteiger partial charge in [0.2, 0.25) is 10.0 Å². The van der Waals surface area contributed by atoms with E-state index >= 15 is 0 Å². The molecule has 1 N–H and O–H groups in total. The minimum atomic E-state index is -3.69. The van der Waals surface area contributed by atoms with Crippen molar-refractivity contribution in [3.05, 3.63) is 59.2 Å². The number of imide groups is 1. The third-order valence-corrected chi connectivity index (χ3v) is 7.81. The van der Waals surface area contributed by atoms with E-state index in [0.717, 1.165) is 31.4 Å². The molecule has 7 nitrogen and oxygen atoms in total. The zero-order valence-electron chi connectivity index (χ0n) is 16.8. The maximum atomic E-state index is 13.0. The number of piperidine rings is 1. The number of carbonyl (C=O) groups is 2. The van der Waals surface area contributed by atoms with E-state index in [0.29, 0.717) is 19.0 Å². The molecule has 0 unspecified atom stereocenters. The van der Waals surface area contributed by atoms with Gasteiger partial charge in [-0.2, -0.15) is 4.31 Å². The molecule has 4 rings (SSSR count). The highest BCUT2D eigenvalue weighted by Gasteiger charge is 2.33. The Morgan fingerprint density at radius 1 is 1.00 bits per heavy atom. The molecule has 0 spiro atoms. The topological polar surface area (TPSA) is 92.8 Å². The van der Waals surface area contributed by atoms with Gasteiger partial charge in [-0.3, -0.25) is 14.9 Å². The number of carbonyl (C=O) groups excluding carboxylic acids is 2. The zero-order chi connectivity index (χ0) is 21.3. The standard InChI is InChI=1S/C22H24N2O5S/c1-29-17-6-4-15(5-7-17)2-3-16-10-12-24(13-11-16)30(27,28)18-8-9-19-20(14-18)22(26)23-21(19)25/h4-9,14,16H,2-3,10-13H2,1H3,(H,23,25,26). The lowest BCUT2D eigenvalue weighted by Crippen LogP contribution is -2.38. The Morgan fingerprint density at radius 3 is 2.33 bits per heavy atom. The van der Waals surface area contributed by atoms with Crippen molar-refractivity contribution in [1.82, 2.24) is 9.62 Å². The lowest BCUT2D eigenvalue weighted by Gasteiger charge is -2.31. The molecule has 2 aliphatic heterocycles. The van der Waals surface area contributed by atoms with Crippen LogP contribution in [0, 0.1) is 5.92 Å². The molecular weight excluding hydrogens is 404 g/mol. The van der Waals surface area contributed by atoms with E-state index < -0.39 is 21.8 Å². The van der Waals surface area contributed by atoms with Crippen LogP contribution in [0.5, 0.6) is 5.75 Å². The second-order valence-corrected chi connectivity index (χ2v) is 9.66. The fourth-order valence-electron chi connectivity index (χ4n) is 4.06. The van der Waals surface area contributed by atoms with E-state index in [9.17, 15) is 18.0 Å². The first-order valence-corrected chi connectivity index (χ1v) is 11.5. The summed E-state index contributed by atoms with van der Waals surface area (Å²) in [6, 6.07) is 12.1. The number of methoxy groups -OCH3 is 1. The van der Waals surface area contributed by atoms with Crippen LogP contribution in [-0.2, 0) is 16.4 Å². The fourth-order valence-corrected chi connectivity index (χ4v) is 5.55. The van der Waals surface area contributed by atoms with Gasteiger partial charge in [0.25, 0.3) is 11.8 Å². The van der Waals surface area contributed by atoms with Crippen molar-refractivity contribution in [2.24, 2.45) is 5.92 Å². The van der Waals surface area contributed by atoms with Crippen LogP contribution in [0.3, 0.4) is 0 Å². The Morgan fingerprint density at radius 2 is 1.67 bits per heavy atom. The van der Waals surface area contributed by atoms with Gasteiger partial charge in [-0.15, -0.1) is 0 Å². The van der Waals surface area contributed by atoms with Gasteiger partial charge in [-0.1, -0.05) is 12.1 Å². The molecule has 30 heavy (non-hydrogen) atoms. The summed E-state index contributed by atoms with van der Waals surface area (Å²) in [6.07, 6.45) is 3.58. The zero-order valence-corrected chi connectivity index (χ0v) is 17.6. The monoisotopic (exact) mass is 428 g/mol. The molecule has 2 aromatic rings. The summed E-state index contributed by atoms with van der Waals surface area (Å²) in [7, 11) is -2.05. The van der Waals surface area contributed by atoms with E-state index in [1.54, 1.807) is 7.11 Å². The van der Waals surface area contributed by atoms with Gasteiger partial charge >= 0.3 is 0 Å². The molecular formula is C22H24N2O5S. The molecule has 2 amide bonds. The van der Waals surface area contributed by atoms with Gasteiger partial charge in [-0.05, 0) is 67.5 Å². The lowest BCUT2D eigenvalue weighted by atomic mass is 9.91. The summed E-state index contributed by atoms with van der Waals surface area (Å²) in [5.41, 5.74) is 1.59. The van der Waals surface area contributed by atoms with Crippen molar-refractivity contribution < 1.29 is 22.7 Å². The summed E-state index contributed by atoms with van der Waals surface area (Å²) in [5.74, 6) is 0.272. The number of hydrogen-bond acceptors (Lipinski definition) is 5. The summed E-state index contributed by atoms with van der Waals surface area (Å²) < 4.78 is 32.7. The highest BCUT2D eigenvalue weighted by atomic mass is 32.2. The predicted octanol–water partition coefficient (Wildman–Crippen LogP) is 2.61. The molecule has 0 aliphatic carbocycles. The van der Waals surface area contributed by atoms with Crippen LogP contribution in [0.1, 0.15) is 45.5 Å². The second kappa shape index (κ2) is 8.20. The Hall–Kier alpha value is -2.71. The van der Waals surface area contributed by atoms with Gasteiger partial charge in [0, 0.05) is 13.1 Å². The van der Waals surface area contributed by atoms with Crippen LogP contribution in [-0.4, -0.2) is 44.7 Å². The number of nitrogens with one attached hydrogen (secondary N) is 1. The Kier molecular flexibility index (Phi) is 5.62. The van der Waals surface area contributed by atoms with Crippen molar-refractivity contribution in [3.63, 3.8) is 0 Å². The van der Waals surface area contributed by atoms with Crippen molar-refractivity contribution in [3.8, 4) is 5.75 Å². The Bertz CT molecular complexity index is 1070. The first-order chi connectivity index (χ1) is 14.4. The maximum Gasteiger partial charge on any atom is 0.258 e. The van der Waals surface area contributed by atoms with Crippen LogP contribution in [0.2, 0.25) is 0 Å². The largest absolute Gasteiger partial charge is 0.497 e. The molecule has 1 saturated heterocycles. The van der Waals surface area contributed by atoms with Crippen LogP contribution < -0.4 is 10.1 Å². The predicted molar refractivity (Wildman–Crippen MR) is 111 cm³/mol. The minimum absolute atomic E-state index is 0.0581. The molecule has 2 heterocycles. The number of amides is 2. The third-order valence-electron chi connectivity index (χ3n) is 5.92. The number of hydrogen-bond donors (Lipinski definition) is 1. The molecule has 0 atom stereocenters. The average molecular weight is 429 g/mol. The molecule has 158 valence electrons. The average Bonchev–Trinajstić information content (AvgIpc) is 3.06. The number of sulfonamides is 1. The van der Waals surface area contributed by atoms with Gasteiger partial charge < -0.3 is 4.74 Å². The van der Waals surface area contributed by atoms with Crippen molar-refractivity contribution in [2.45, 2.75) is 30.6 Å². The molecule has 8 heteroatoms. The SMILES string of the molecule is COc1ccc(CCC2CCN(S(=O)(=O)c3ccc4c(c3)C(=O)NC4=O)CC2)cc1. The van der Waals surface area contributed by atoms with Crippen LogP contribution in [0.4, 0.5) is 0 Å². The first-order valence-electron chi connectivity index (χ1n) is 10.0. The molecule has 1 fully saturated rings. The molecule has 0 aromatic heterocycles. The molecule has 0 radical (unpaired) electrons. The molecule has 0 saturated carbocycles.